The number of carbonyl (C=O) groups is 1. The summed E-state index contributed by atoms with van der Waals surface area (Å²) in [6.45, 7) is 4.03. The normalized spacial score (nSPS) is 21.4. The Morgan fingerprint density at radius 2 is 1.81 bits per heavy atom. The molecule has 2 aromatic rings. The van der Waals surface area contributed by atoms with Crippen LogP contribution < -0.4 is 10.5 Å². The lowest BCUT2D eigenvalue weighted by Crippen LogP contribution is -2.21. The van der Waals surface area contributed by atoms with E-state index in [0.717, 1.165) is 30.5 Å². The van der Waals surface area contributed by atoms with Crippen molar-refractivity contribution >= 4 is 11.7 Å². The molecular formula is C21H24N2O4. The fourth-order valence-electron chi connectivity index (χ4n) is 4.70. The number of H-pyrrole nitrogens is 1. The van der Waals surface area contributed by atoms with Crippen molar-refractivity contribution in [2.45, 2.75) is 32.6 Å². The van der Waals surface area contributed by atoms with Crippen LogP contribution in [0.5, 0.6) is 5.75 Å². The average molecular weight is 368 g/mol. The number of hydrogen-bond donors (Lipinski definition) is 3. The molecule has 4 rings (SSSR count). The standard InChI is InChI=1S/C21H24N2O4/c1-2-16-18(22-20(25)17(19(16)24)21(26)27)12-6-8-15(9-7-12)23-10-13-4-3-5-14(13)11-23/h6-9,13-14H,2-5,10-11H2,1H3,(H,26,27)(H2,22,24,25). The number of aromatic amines is 1. The zero-order valence-corrected chi connectivity index (χ0v) is 15.4. The van der Waals surface area contributed by atoms with Gasteiger partial charge in [-0.05, 0) is 48.8 Å². The minimum atomic E-state index is -1.43. The molecule has 0 spiro atoms. The Morgan fingerprint density at radius 1 is 1.19 bits per heavy atom. The van der Waals surface area contributed by atoms with Gasteiger partial charge in [0.2, 0.25) is 0 Å². The summed E-state index contributed by atoms with van der Waals surface area (Å²) in [5, 5.41) is 19.5. The van der Waals surface area contributed by atoms with Crippen LogP contribution in [0.25, 0.3) is 11.3 Å². The monoisotopic (exact) mass is 368 g/mol. The molecule has 0 radical (unpaired) electrons. The number of carboxylic acid groups (broad SMARTS) is 1. The molecule has 1 saturated carbocycles. The highest BCUT2D eigenvalue weighted by atomic mass is 16.4. The van der Waals surface area contributed by atoms with E-state index in [4.69, 9.17) is 5.11 Å². The van der Waals surface area contributed by atoms with Crippen molar-refractivity contribution in [3.05, 3.63) is 45.7 Å². The summed E-state index contributed by atoms with van der Waals surface area (Å²) in [7, 11) is 0. The number of carboxylic acids is 1. The molecule has 0 bridgehead atoms. The summed E-state index contributed by atoms with van der Waals surface area (Å²) in [6, 6.07) is 7.92. The van der Waals surface area contributed by atoms with Crippen LogP contribution in [0.4, 0.5) is 5.69 Å². The summed E-state index contributed by atoms with van der Waals surface area (Å²) < 4.78 is 0. The van der Waals surface area contributed by atoms with E-state index in [1.165, 1.54) is 24.9 Å². The van der Waals surface area contributed by atoms with E-state index in [2.05, 4.69) is 9.88 Å². The first-order chi connectivity index (χ1) is 13.0. The first-order valence-electron chi connectivity index (χ1n) is 9.56. The maximum atomic E-state index is 12.1. The van der Waals surface area contributed by atoms with E-state index in [1.54, 1.807) is 0 Å². The first kappa shape index (κ1) is 17.6. The number of nitrogens with zero attached hydrogens (tertiary/aromatic N) is 1. The zero-order valence-electron chi connectivity index (χ0n) is 15.4. The van der Waals surface area contributed by atoms with Crippen molar-refractivity contribution in [1.29, 1.82) is 0 Å². The number of benzene rings is 1. The minimum absolute atomic E-state index is 0.412. The highest BCUT2D eigenvalue weighted by Crippen LogP contribution is 2.40. The van der Waals surface area contributed by atoms with Gasteiger partial charge in [0.1, 0.15) is 5.75 Å². The van der Waals surface area contributed by atoms with Crippen molar-refractivity contribution in [2.24, 2.45) is 11.8 Å². The molecule has 142 valence electrons. The number of anilines is 1. The number of hydrogen-bond acceptors (Lipinski definition) is 4. The van der Waals surface area contributed by atoms with Crippen LogP contribution in [0.3, 0.4) is 0 Å². The number of aromatic hydroxyl groups is 1. The Hall–Kier alpha value is -2.76. The molecule has 27 heavy (non-hydrogen) atoms. The van der Waals surface area contributed by atoms with E-state index in [1.807, 2.05) is 31.2 Å². The van der Waals surface area contributed by atoms with Gasteiger partial charge in [0.15, 0.2) is 5.56 Å². The van der Waals surface area contributed by atoms with Gasteiger partial charge in [-0.25, -0.2) is 4.79 Å². The molecule has 2 unspecified atom stereocenters. The zero-order chi connectivity index (χ0) is 19.1. The molecule has 2 aliphatic rings. The van der Waals surface area contributed by atoms with Crippen LogP contribution in [0.15, 0.2) is 29.1 Å². The molecule has 6 heteroatoms. The molecule has 2 heterocycles. The van der Waals surface area contributed by atoms with Crippen molar-refractivity contribution in [3.8, 4) is 17.0 Å². The molecule has 6 nitrogen and oxygen atoms in total. The highest BCUT2D eigenvalue weighted by Gasteiger charge is 2.36. The summed E-state index contributed by atoms with van der Waals surface area (Å²) >= 11 is 0. The predicted molar refractivity (Wildman–Crippen MR) is 104 cm³/mol. The smallest absolute Gasteiger partial charge is 0.345 e. The number of pyridine rings is 1. The van der Waals surface area contributed by atoms with E-state index in [9.17, 15) is 14.7 Å². The van der Waals surface area contributed by atoms with Crippen molar-refractivity contribution in [2.75, 3.05) is 18.0 Å². The van der Waals surface area contributed by atoms with Gasteiger partial charge in [0.25, 0.3) is 5.56 Å². The predicted octanol–water partition coefficient (Wildman–Crippen LogP) is 3.24. The maximum Gasteiger partial charge on any atom is 0.345 e. The molecule has 0 amide bonds. The van der Waals surface area contributed by atoms with E-state index in [-0.39, 0.29) is 0 Å². The van der Waals surface area contributed by atoms with Gasteiger partial charge in [-0.1, -0.05) is 25.5 Å². The minimum Gasteiger partial charge on any atom is -0.506 e. The average Bonchev–Trinajstić information content (AvgIpc) is 3.23. The SMILES string of the molecule is CCc1c(-c2ccc(N3CC4CCCC4C3)cc2)[nH]c(=O)c(C(=O)O)c1O. The quantitative estimate of drug-likeness (QED) is 0.770. The number of rotatable bonds is 4. The van der Waals surface area contributed by atoms with E-state index < -0.39 is 22.8 Å². The third kappa shape index (κ3) is 2.99. The van der Waals surface area contributed by atoms with Crippen molar-refractivity contribution in [3.63, 3.8) is 0 Å². The molecule has 3 N–H and O–H groups in total. The molecule has 2 atom stereocenters. The Balaban J connectivity index is 1.66. The molecule has 1 aliphatic heterocycles. The van der Waals surface area contributed by atoms with Gasteiger partial charge < -0.3 is 20.1 Å². The second-order valence-corrected chi connectivity index (χ2v) is 7.59. The summed E-state index contributed by atoms with van der Waals surface area (Å²) in [4.78, 5) is 28.4. The Morgan fingerprint density at radius 3 is 2.37 bits per heavy atom. The highest BCUT2D eigenvalue weighted by molar-refractivity contribution is 5.92. The lowest BCUT2D eigenvalue weighted by atomic mass is 10.0. The fraction of sp³-hybridized carbons (Fsp3) is 0.429. The number of fused-ring (bicyclic) bond motifs is 1. The van der Waals surface area contributed by atoms with E-state index in [0.29, 0.717) is 17.7 Å². The third-order valence-electron chi connectivity index (χ3n) is 6.10. The van der Waals surface area contributed by atoms with Gasteiger partial charge in [0, 0.05) is 24.3 Å². The molecular weight excluding hydrogens is 344 g/mol. The van der Waals surface area contributed by atoms with Crippen molar-refractivity contribution < 1.29 is 15.0 Å². The Bertz CT molecular complexity index is 920. The van der Waals surface area contributed by atoms with Crippen molar-refractivity contribution in [1.82, 2.24) is 4.98 Å². The first-order valence-corrected chi connectivity index (χ1v) is 9.56. The largest absolute Gasteiger partial charge is 0.506 e. The van der Waals surface area contributed by atoms with Crippen LogP contribution >= 0.6 is 0 Å². The molecule has 1 aromatic heterocycles. The maximum absolute atomic E-state index is 12.1. The van der Waals surface area contributed by atoms with E-state index >= 15 is 0 Å². The topological polar surface area (TPSA) is 93.6 Å². The molecule has 1 aliphatic carbocycles. The fourth-order valence-corrected chi connectivity index (χ4v) is 4.70. The third-order valence-corrected chi connectivity index (χ3v) is 6.10. The number of aromatic nitrogens is 1. The second kappa shape index (κ2) is 6.76. The lowest BCUT2D eigenvalue weighted by molar-refractivity contribution is 0.0691. The number of nitrogens with one attached hydrogen (secondary N) is 1. The van der Waals surface area contributed by atoms with Gasteiger partial charge in [-0.2, -0.15) is 0 Å². The van der Waals surface area contributed by atoms with Gasteiger partial charge in [0.05, 0.1) is 5.69 Å². The number of aromatic carboxylic acids is 1. The lowest BCUT2D eigenvalue weighted by Gasteiger charge is -2.20. The molecule has 1 saturated heterocycles. The van der Waals surface area contributed by atoms with Crippen LogP contribution in [-0.2, 0) is 6.42 Å². The van der Waals surface area contributed by atoms with Gasteiger partial charge in [-0.15, -0.1) is 0 Å². The summed E-state index contributed by atoms with van der Waals surface area (Å²) in [5.41, 5.74) is 1.46. The molecule has 2 fully saturated rings. The summed E-state index contributed by atoms with van der Waals surface area (Å²) in [6.07, 6.45) is 4.42. The second-order valence-electron chi connectivity index (χ2n) is 7.59. The Labute approximate surface area is 157 Å². The van der Waals surface area contributed by atoms with Crippen LogP contribution in [0.1, 0.15) is 42.1 Å². The van der Waals surface area contributed by atoms with Crippen LogP contribution in [-0.4, -0.2) is 34.3 Å². The Kier molecular flexibility index (Phi) is 4.42. The van der Waals surface area contributed by atoms with Crippen LogP contribution in [0.2, 0.25) is 0 Å². The summed E-state index contributed by atoms with van der Waals surface area (Å²) in [5.74, 6) is -0.244. The van der Waals surface area contributed by atoms with Gasteiger partial charge in [-0.3, -0.25) is 4.79 Å². The van der Waals surface area contributed by atoms with Gasteiger partial charge >= 0.3 is 5.97 Å². The molecule has 1 aromatic carbocycles. The van der Waals surface area contributed by atoms with Crippen LogP contribution in [0, 0.1) is 11.8 Å².